The molecule has 1 aliphatic heterocycles. The number of sulfonamides is 1. The average molecular weight is 158 g/mol. The molecule has 0 bridgehead atoms. The van der Waals surface area contributed by atoms with Gasteiger partial charge in [-0.05, 0) is 6.07 Å². The van der Waals surface area contributed by atoms with E-state index >= 15 is 0 Å². The third kappa shape index (κ3) is 0.614. The van der Waals surface area contributed by atoms with E-state index < -0.39 is 10.0 Å². The predicted molar refractivity (Wildman–Crippen MR) is 34.8 cm³/mol. The SMILES string of the molecule is O=S1(=O)NCc2cc[nH]c21. The van der Waals surface area contributed by atoms with Crippen molar-refractivity contribution in [1.82, 2.24) is 9.71 Å². The Morgan fingerprint density at radius 3 is 3.00 bits per heavy atom. The predicted octanol–water partition coefficient (Wildman–Crippen LogP) is -0.193. The second-order valence-corrected chi connectivity index (χ2v) is 3.86. The molecular formula is C5H6N2O2S. The van der Waals surface area contributed by atoms with Crippen molar-refractivity contribution >= 4 is 10.0 Å². The van der Waals surface area contributed by atoms with Gasteiger partial charge < -0.3 is 4.98 Å². The molecule has 0 spiro atoms. The molecule has 5 heteroatoms. The summed E-state index contributed by atoms with van der Waals surface area (Å²) in [6, 6.07) is 1.76. The van der Waals surface area contributed by atoms with E-state index in [-0.39, 0.29) is 0 Å². The van der Waals surface area contributed by atoms with Crippen LogP contribution in [0.15, 0.2) is 17.3 Å². The second kappa shape index (κ2) is 1.62. The van der Waals surface area contributed by atoms with Gasteiger partial charge in [-0.3, -0.25) is 0 Å². The molecule has 0 atom stereocenters. The van der Waals surface area contributed by atoms with Gasteiger partial charge in [0.2, 0.25) is 0 Å². The lowest BCUT2D eigenvalue weighted by molar-refractivity contribution is 0.587. The van der Waals surface area contributed by atoms with Gasteiger partial charge in [0.05, 0.1) is 0 Å². The van der Waals surface area contributed by atoms with Crippen LogP contribution in [0, 0.1) is 0 Å². The first-order valence-corrected chi connectivity index (χ1v) is 4.34. The van der Waals surface area contributed by atoms with Crippen molar-refractivity contribution in [2.24, 2.45) is 0 Å². The van der Waals surface area contributed by atoms with Crippen LogP contribution < -0.4 is 4.72 Å². The number of aromatic nitrogens is 1. The van der Waals surface area contributed by atoms with Crippen LogP contribution in [-0.2, 0) is 16.6 Å². The quantitative estimate of drug-likeness (QED) is 0.549. The summed E-state index contributed by atoms with van der Waals surface area (Å²) in [6.45, 7) is 0.418. The van der Waals surface area contributed by atoms with E-state index in [4.69, 9.17) is 0 Å². The number of rotatable bonds is 0. The summed E-state index contributed by atoms with van der Waals surface area (Å²) >= 11 is 0. The van der Waals surface area contributed by atoms with Crippen LogP contribution in [0.1, 0.15) is 5.56 Å². The number of H-pyrrole nitrogens is 1. The third-order valence-electron chi connectivity index (χ3n) is 1.51. The zero-order valence-electron chi connectivity index (χ0n) is 5.09. The number of hydrogen-bond acceptors (Lipinski definition) is 2. The lowest BCUT2D eigenvalue weighted by Gasteiger charge is -1.89. The van der Waals surface area contributed by atoms with E-state index in [1.165, 1.54) is 0 Å². The Labute approximate surface area is 58.3 Å². The summed E-state index contributed by atoms with van der Waals surface area (Å²) in [5.41, 5.74) is 0.819. The fourth-order valence-electron chi connectivity index (χ4n) is 1.02. The monoisotopic (exact) mass is 158 g/mol. The molecule has 10 heavy (non-hydrogen) atoms. The standard InChI is InChI=1S/C5H6N2O2S/c8-10(9)5-4(3-7-10)1-2-6-5/h1-2,6-7H,3H2. The Morgan fingerprint density at radius 1 is 1.50 bits per heavy atom. The van der Waals surface area contributed by atoms with Crippen molar-refractivity contribution in [1.29, 1.82) is 0 Å². The van der Waals surface area contributed by atoms with Gasteiger partial charge in [0, 0.05) is 18.3 Å². The van der Waals surface area contributed by atoms with Crippen molar-refractivity contribution in [3.05, 3.63) is 17.8 Å². The average Bonchev–Trinajstić information content (AvgIpc) is 2.36. The maximum atomic E-state index is 11.0. The minimum Gasteiger partial charge on any atom is -0.351 e. The maximum absolute atomic E-state index is 11.0. The Bertz CT molecular complexity index is 351. The van der Waals surface area contributed by atoms with E-state index in [1.54, 1.807) is 12.3 Å². The Hall–Kier alpha value is -0.810. The molecule has 0 saturated heterocycles. The van der Waals surface area contributed by atoms with Crippen LogP contribution >= 0.6 is 0 Å². The summed E-state index contributed by atoms with van der Waals surface area (Å²) in [7, 11) is -3.17. The van der Waals surface area contributed by atoms with Gasteiger partial charge >= 0.3 is 0 Å². The van der Waals surface area contributed by atoms with Gasteiger partial charge in [-0.15, -0.1) is 0 Å². The van der Waals surface area contributed by atoms with Gasteiger partial charge in [-0.25, -0.2) is 13.1 Å². The number of hydrogen-bond donors (Lipinski definition) is 2. The van der Waals surface area contributed by atoms with Crippen LogP contribution in [0.25, 0.3) is 0 Å². The summed E-state index contributed by atoms with van der Waals surface area (Å²) in [6.07, 6.45) is 1.63. The first kappa shape index (κ1) is 5.94. The van der Waals surface area contributed by atoms with Crippen LogP contribution in [0.4, 0.5) is 0 Å². The van der Waals surface area contributed by atoms with E-state index in [2.05, 4.69) is 9.71 Å². The molecule has 2 rings (SSSR count). The minimum atomic E-state index is -3.17. The van der Waals surface area contributed by atoms with Gasteiger partial charge in [0.15, 0.2) is 5.03 Å². The zero-order valence-corrected chi connectivity index (χ0v) is 5.90. The second-order valence-electron chi connectivity index (χ2n) is 2.16. The summed E-state index contributed by atoms with van der Waals surface area (Å²) < 4.78 is 24.3. The van der Waals surface area contributed by atoms with Crippen molar-refractivity contribution in [2.75, 3.05) is 0 Å². The van der Waals surface area contributed by atoms with E-state index in [0.717, 1.165) is 5.56 Å². The molecule has 0 radical (unpaired) electrons. The summed E-state index contributed by atoms with van der Waals surface area (Å²) in [4.78, 5) is 2.66. The maximum Gasteiger partial charge on any atom is 0.256 e. The highest BCUT2D eigenvalue weighted by Crippen LogP contribution is 2.18. The highest BCUT2D eigenvalue weighted by Gasteiger charge is 2.25. The molecule has 0 aromatic carbocycles. The molecule has 1 aromatic rings. The Kier molecular flexibility index (Phi) is 0.959. The smallest absolute Gasteiger partial charge is 0.256 e. The van der Waals surface area contributed by atoms with Crippen LogP contribution in [0.3, 0.4) is 0 Å². The molecule has 0 aliphatic carbocycles. The largest absolute Gasteiger partial charge is 0.351 e. The van der Waals surface area contributed by atoms with Crippen molar-refractivity contribution in [2.45, 2.75) is 11.6 Å². The molecule has 2 heterocycles. The van der Waals surface area contributed by atoms with Crippen LogP contribution in [0.5, 0.6) is 0 Å². The molecule has 1 aliphatic rings. The molecule has 0 amide bonds. The normalized spacial score (nSPS) is 20.8. The molecule has 54 valence electrons. The molecule has 4 nitrogen and oxygen atoms in total. The summed E-state index contributed by atoms with van der Waals surface area (Å²) in [5.74, 6) is 0. The van der Waals surface area contributed by atoms with Crippen molar-refractivity contribution in [3.63, 3.8) is 0 Å². The van der Waals surface area contributed by atoms with Gasteiger partial charge in [0.25, 0.3) is 10.0 Å². The van der Waals surface area contributed by atoms with E-state index in [9.17, 15) is 8.42 Å². The summed E-state index contributed by atoms with van der Waals surface area (Å²) in [5, 5.41) is 0.313. The Morgan fingerprint density at radius 2 is 2.30 bits per heavy atom. The number of aromatic amines is 1. The lowest BCUT2D eigenvalue weighted by Crippen LogP contribution is -2.14. The first-order chi connectivity index (χ1) is 4.70. The fourth-order valence-corrected chi connectivity index (χ4v) is 2.22. The van der Waals surface area contributed by atoms with E-state index in [1.807, 2.05) is 0 Å². The van der Waals surface area contributed by atoms with Crippen LogP contribution in [-0.4, -0.2) is 13.4 Å². The molecular weight excluding hydrogens is 152 g/mol. The number of fused-ring (bicyclic) bond motifs is 1. The Balaban J connectivity index is 2.76. The van der Waals surface area contributed by atoms with Crippen molar-refractivity contribution in [3.8, 4) is 0 Å². The van der Waals surface area contributed by atoms with Gasteiger partial charge in [-0.1, -0.05) is 0 Å². The highest BCUT2D eigenvalue weighted by molar-refractivity contribution is 7.89. The number of nitrogens with one attached hydrogen (secondary N) is 2. The molecule has 0 fully saturated rings. The lowest BCUT2D eigenvalue weighted by atomic mass is 10.3. The van der Waals surface area contributed by atoms with Gasteiger partial charge in [-0.2, -0.15) is 0 Å². The van der Waals surface area contributed by atoms with Gasteiger partial charge in [0.1, 0.15) is 0 Å². The molecule has 1 aromatic heterocycles. The minimum absolute atomic E-state index is 0.313. The molecule has 0 saturated carbocycles. The van der Waals surface area contributed by atoms with E-state index in [0.29, 0.717) is 11.6 Å². The first-order valence-electron chi connectivity index (χ1n) is 2.86. The fraction of sp³-hybridized carbons (Fsp3) is 0.200. The van der Waals surface area contributed by atoms with Crippen LogP contribution in [0.2, 0.25) is 0 Å². The van der Waals surface area contributed by atoms with Crippen molar-refractivity contribution < 1.29 is 8.42 Å². The molecule has 0 unspecified atom stereocenters. The third-order valence-corrected chi connectivity index (χ3v) is 2.95. The highest BCUT2D eigenvalue weighted by atomic mass is 32.2. The molecule has 2 N–H and O–H groups in total. The topological polar surface area (TPSA) is 62.0 Å². The zero-order chi connectivity index (χ0) is 7.19.